The molecule has 3 aromatic carbocycles. The first-order valence-electron chi connectivity index (χ1n) is 8.91. The molecule has 0 unspecified atom stereocenters. The van der Waals surface area contributed by atoms with Crippen LogP contribution < -0.4 is 16.4 Å². The van der Waals surface area contributed by atoms with Crippen LogP contribution in [0.15, 0.2) is 65.2 Å². The second-order valence-corrected chi connectivity index (χ2v) is 6.60. The summed E-state index contributed by atoms with van der Waals surface area (Å²) in [6, 6.07) is 12.8. The van der Waals surface area contributed by atoms with Gasteiger partial charge in [-0.15, -0.1) is 0 Å². The fourth-order valence-electron chi connectivity index (χ4n) is 3.07. The molecule has 0 saturated heterocycles. The van der Waals surface area contributed by atoms with E-state index < -0.39 is 29.3 Å². The van der Waals surface area contributed by atoms with Crippen molar-refractivity contribution < 1.29 is 26.9 Å². The van der Waals surface area contributed by atoms with E-state index in [0.717, 1.165) is 11.1 Å². The molecule has 0 fully saturated rings. The van der Waals surface area contributed by atoms with Crippen molar-refractivity contribution in [2.45, 2.75) is 6.18 Å². The summed E-state index contributed by atoms with van der Waals surface area (Å²) in [6.07, 6.45) is -4.66. The van der Waals surface area contributed by atoms with Crippen LogP contribution in [0.2, 0.25) is 0 Å². The Bertz CT molecular complexity index is 1270. The summed E-state index contributed by atoms with van der Waals surface area (Å²) >= 11 is 0. The second-order valence-electron chi connectivity index (χ2n) is 6.60. The number of fused-ring (bicyclic) bond motifs is 1. The monoisotopic (exact) mass is 430 g/mol. The molecule has 0 bridgehead atoms. The maximum atomic E-state index is 13.8. The molecular weight excluding hydrogens is 416 g/mol. The highest BCUT2D eigenvalue weighted by Crippen LogP contribution is 2.33. The fraction of sp³-hybridized carbons (Fsp3) is 0.0476. The zero-order valence-corrected chi connectivity index (χ0v) is 15.6. The Morgan fingerprint density at radius 1 is 1.00 bits per heavy atom. The summed E-state index contributed by atoms with van der Waals surface area (Å²) in [5, 5.41) is 9.04. The van der Waals surface area contributed by atoms with Crippen molar-refractivity contribution in [2.75, 3.05) is 16.4 Å². The number of halogens is 4. The van der Waals surface area contributed by atoms with Crippen LogP contribution in [0.1, 0.15) is 5.56 Å². The van der Waals surface area contributed by atoms with Crippen molar-refractivity contribution in [3.05, 3.63) is 72.0 Å². The maximum absolute atomic E-state index is 13.8. The number of nitrogens with two attached hydrogens (primary N) is 1. The van der Waals surface area contributed by atoms with Gasteiger partial charge in [-0.1, -0.05) is 29.4 Å². The standard InChI is InChI=1S/C21H14F4N4O2/c22-15-9-6-12(21(23,24)25)10-17(15)28-20(30)27-13-7-4-11(5-8-13)14-2-1-3-16-18(14)19(26)31-29-16/h1-10H,26H2,(H2,27,28,30). The first kappa shape index (κ1) is 20.2. The van der Waals surface area contributed by atoms with Crippen LogP contribution in [0.4, 0.5) is 39.6 Å². The summed E-state index contributed by atoms with van der Waals surface area (Å²) in [5.74, 6) is -0.812. The highest BCUT2D eigenvalue weighted by atomic mass is 19.4. The Labute approximate surface area is 172 Å². The lowest BCUT2D eigenvalue weighted by Crippen LogP contribution is -2.20. The quantitative estimate of drug-likeness (QED) is 0.354. The molecule has 0 atom stereocenters. The lowest BCUT2D eigenvalue weighted by molar-refractivity contribution is -0.137. The summed E-state index contributed by atoms with van der Waals surface area (Å²) in [6.45, 7) is 0. The third-order valence-corrected chi connectivity index (χ3v) is 4.53. The Balaban J connectivity index is 1.51. The fourth-order valence-corrected chi connectivity index (χ4v) is 3.07. The van der Waals surface area contributed by atoms with E-state index in [1.165, 1.54) is 0 Å². The largest absolute Gasteiger partial charge is 0.416 e. The first-order valence-corrected chi connectivity index (χ1v) is 8.91. The van der Waals surface area contributed by atoms with Gasteiger partial charge in [-0.25, -0.2) is 9.18 Å². The molecule has 2 amide bonds. The van der Waals surface area contributed by atoms with Crippen molar-refractivity contribution in [1.29, 1.82) is 0 Å². The zero-order chi connectivity index (χ0) is 22.2. The lowest BCUT2D eigenvalue weighted by Gasteiger charge is -2.12. The third-order valence-electron chi connectivity index (χ3n) is 4.53. The Hall–Kier alpha value is -4.08. The van der Waals surface area contributed by atoms with Crippen LogP contribution in [-0.2, 0) is 6.18 Å². The number of amides is 2. The predicted octanol–water partition coefficient (Wildman–Crippen LogP) is 5.88. The van der Waals surface area contributed by atoms with Crippen molar-refractivity contribution in [2.24, 2.45) is 0 Å². The number of carbonyl (C=O) groups excluding carboxylic acids is 1. The van der Waals surface area contributed by atoms with E-state index in [2.05, 4.69) is 15.8 Å². The number of aromatic nitrogens is 1. The van der Waals surface area contributed by atoms with Gasteiger partial charge in [0.05, 0.1) is 16.6 Å². The second kappa shape index (κ2) is 7.63. The van der Waals surface area contributed by atoms with Gasteiger partial charge in [0.2, 0.25) is 5.88 Å². The molecule has 0 aliphatic carbocycles. The van der Waals surface area contributed by atoms with Crippen molar-refractivity contribution in [3.8, 4) is 11.1 Å². The van der Waals surface area contributed by atoms with Gasteiger partial charge in [0, 0.05) is 5.69 Å². The number of benzene rings is 3. The lowest BCUT2D eigenvalue weighted by atomic mass is 10.0. The molecule has 6 nitrogen and oxygen atoms in total. The smallest absolute Gasteiger partial charge is 0.367 e. The topological polar surface area (TPSA) is 93.2 Å². The highest BCUT2D eigenvalue weighted by molar-refractivity contribution is 6.02. The molecular formula is C21H14F4N4O2. The van der Waals surface area contributed by atoms with Crippen LogP contribution >= 0.6 is 0 Å². The van der Waals surface area contributed by atoms with Crippen LogP contribution in [0.25, 0.3) is 22.0 Å². The molecule has 0 radical (unpaired) electrons. The number of carbonyl (C=O) groups is 1. The number of nitrogen functional groups attached to an aromatic ring is 1. The Kier molecular flexibility index (Phi) is 4.97. The van der Waals surface area contributed by atoms with Gasteiger partial charge in [-0.05, 0) is 47.5 Å². The molecule has 0 spiro atoms. The predicted molar refractivity (Wildman–Crippen MR) is 108 cm³/mol. The number of nitrogens with zero attached hydrogens (tertiary/aromatic N) is 1. The molecule has 10 heteroatoms. The van der Waals surface area contributed by atoms with Crippen molar-refractivity contribution >= 4 is 34.2 Å². The number of hydrogen-bond acceptors (Lipinski definition) is 4. The van der Waals surface area contributed by atoms with Gasteiger partial charge < -0.3 is 20.9 Å². The number of rotatable bonds is 3. The first-order chi connectivity index (χ1) is 14.7. The van der Waals surface area contributed by atoms with Gasteiger partial charge in [0.1, 0.15) is 11.3 Å². The summed E-state index contributed by atoms with van der Waals surface area (Å²) in [4.78, 5) is 12.1. The highest BCUT2D eigenvalue weighted by Gasteiger charge is 2.31. The van der Waals surface area contributed by atoms with E-state index in [4.69, 9.17) is 10.3 Å². The molecule has 0 aliphatic heterocycles. The zero-order valence-electron chi connectivity index (χ0n) is 15.6. The van der Waals surface area contributed by atoms with E-state index in [1.54, 1.807) is 36.4 Å². The minimum Gasteiger partial charge on any atom is -0.367 e. The Morgan fingerprint density at radius 3 is 2.45 bits per heavy atom. The molecule has 4 N–H and O–H groups in total. The normalized spacial score (nSPS) is 11.5. The van der Waals surface area contributed by atoms with Gasteiger partial charge in [0.15, 0.2) is 0 Å². The average Bonchev–Trinajstić information content (AvgIpc) is 3.10. The molecule has 4 aromatic rings. The maximum Gasteiger partial charge on any atom is 0.416 e. The minimum absolute atomic E-state index is 0.176. The summed E-state index contributed by atoms with van der Waals surface area (Å²) in [5.41, 5.74) is 6.67. The van der Waals surface area contributed by atoms with Gasteiger partial charge in [-0.2, -0.15) is 13.2 Å². The third kappa shape index (κ3) is 4.13. The van der Waals surface area contributed by atoms with E-state index in [0.29, 0.717) is 34.8 Å². The average molecular weight is 430 g/mol. The van der Waals surface area contributed by atoms with Gasteiger partial charge >= 0.3 is 12.2 Å². The van der Waals surface area contributed by atoms with E-state index in [-0.39, 0.29) is 5.88 Å². The van der Waals surface area contributed by atoms with E-state index in [1.807, 2.05) is 6.07 Å². The molecule has 1 aromatic heterocycles. The number of alkyl halides is 3. The number of hydrogen-bond donors (Lipinski definition) is 3. The Morgan fingerprint density at radius 2 is 1.74 bits per heavy atom. The molecule has 31 heavy (non-hydrogen) atoms. The van der Waals surface area contributed by atoms with Crippen molar-refractivity contribution in [3.63, 3.8) is 0 Å². The number of urea groups is 1. The SMILES string of the molecule is Nc1onc2cccc(-c3ccc(NC(=O)Nc4cc(C(F)(F)F)ccc4F)cc3)c12. The molecule has 158 valence electrons. The van der Waals surface area contributed by atoms with E-state index in [9.17, 15) is 22.4 Å². The summed E-state index contributed by atoms with van der Waals surface area (Å²) < 4.78 is 57.2. The van der Waals surface area contributed by atoms with Crippen LogP contribution in [0.5, 0.6) is 0 Å². The van der Waals surface area contributed by atoms with E-state index >= 15 is 0 Å². The van der Waals surface area contributed by atoms with Crippen molar-refractivity contribution in [1.82, 2.24) is 5.16 Å². The van der Waals surface area contributed by atoms with Crippen LogP contribution in [0.3, 0.4) is 0 Å². The van der Waals surface area contributed by atoms with Crippen LogP contribution in [0, 0.1) is 5.82 Å². The number of anilines is 3. The van der Waals surface area contributed by atoms with Gasteiger partial charge in [-0.3, -0.25) is 0 Å². The molecule has 1 heterocycles. The molecule has 4 rings (SSSR count). The van der Waals surface area contributed by atoms with Gasteiger partial charge in [0.25, 0.3) is 0 Å². The molecule has 0 aliphatic rings. The summed E-state index contributed by atoms with van der Waals surface area (Å²) in [7, 11) is 0. The van der Waals surface area contributed by atoms with Crippen LogP contribution in [-0.4, -0.2) is 11.2 Å². The molecule has 0 saturated carbocycles. The number of nitrogens with one attached hydrogen (secondary N) is 2. The minimum atomic E-state index is -4.66.